The lowest BCUT2D eigenvalue weighted by molar-refractivity contribution is 0.0827. The highest BCUT2D eigenvalue weighted by molar-refractivity contribution is 5.67. The van der Waals surface area contributed by atoms with Gasteiger partial charge in [-0.3, -0.25) is 0 Å². The highest BCUT2D eigenvalue weighted by atomic mass is 16.6. The minimum Gasteiger partial charge on any atom is -0.445 e. The molecule has 102 valence electrons. The van der Waals surface area contributed by atoms with Gasteiger partial charge < -0.3 is 9.64 Å². The zero-order chi connectivity index (χ0) is 13.7. The van der Waals surface area contributed by atoms with Gasteiger partial charge in [0.25, 0.3) is 0 Å². The maximum atomic E-state index is 12.0. The van der Waals surface area contributed by atoms with Crippen molar-refractivity contribution in [2.24, 2.45) is 5.92 Å². The van der Waals surface area contributed by atoms with Gasteiger partial charge in [0.2, 0.25) is 0 Å². The highest BCUT2D eigenvalue weighted by Gasteiger charge is 2.24. The molecule has 1 aromatic carbocycles. The van der Waals surface area contributed by atoms with Crippen molar-refractivity contribution in [1.82, 2.24) is 4.90 Å². The molecule has 2 rings (SSSR count). The molecule has 1 atom stereocenters. The fourth-order valence-corrected chi connectivity index (χ4v) is 2.36. The molecule has 0 bridgehead atoms. The molecule has 0 spiro atoms. The predicted octanol–water partition coefficient (Wildman–Crippen LogP) is 3.61. The molecular weight excluding hydrogens is 238 g/mol. The summed E-state index contributed by atoms with van der Waals surface area (Å²) < 4.78 is 5.35. The number of nitrogens with zero attached hydrogens (tertiary/aromatic N) is 1. The van der Waals surface area contributed by atoms with Crippen LogP contribution in [0.3, 0.4) is 0 Å². The van der Waals surface area contributed by atoms with E-state index in [1.165, 1.54) is 0 Å². The quantitative estimate of drug-likeness (QED) is 0.776. The number of benzene rings is 1. The van der Waals surface area contributed by atoms with E-state index in [-0.39, 0.29) is 6.09 Å². The zero-order valence-electron chi connectivity index (χ0n) is 11.5. The second-order valence-electron chi connectivity index (χ2n) is 5.17. The Hall–Kier alpha value is -1.77. The van der Waals surface area contributed by atoms with Gasteiger partial charge in [0.1, 0.15) is 6.61 Å². The van der Waals surface area contributed by atoms with Gasteiger partial charge in [-0.15, -0.1) is 0 Å². The van der Waals surface area contributed by atoms with Gasteiger partial charge >= 0.3 is 6.09 Å². The number of likely N-dealkylation sites (tertiary alicyclic amines) is 1. The largest absolute Gasteiger partial charge is 0.445 e. The third-order valence-electron chi connectivity index (χ3n) is 3.58. The van der Waals surface area contributed by atoms with Gasteiger partial charge in [-0.1, -0.05) is 42.5 Å². The molecule has 0 radical (unpaired) electrons. The molecule has 1 aliphatic rings. The van der Waals surface area contributed by atoms with Crippen LogP contribution < -0.4 is 0 Å². The lowest BCUT2D eigenvalue weighted by atomic mass is 9.92. The number of hydrogen-bond acceptors (Lipinski definition) is 2. The number of carbonyl (C=O) groups is 1. The van der Waals surface area contributed by atoms with Gasteiger partial charge in [0.05, 0.1) is 0 Å². The van der Waals surface area contributed by atoms with Crippen molar-refractivity contribution in [2.45, 2.75) is 26.4 Å². The van der Waals surface area contributed by atoms with Gasteiger partial charge in [-0.25, -0.2) is 4.79 Å². The molecule has 0 N–H and O–H groups in total. The average molecular weight is 259 g/mol. The topological polar surface area (TPSA) is 29.5 Å². The van der Waals surface area contributed by atoms with Crippen LogP contribution in [0.4, 0.5) is 4.79 Å². The van der Waals surface area contributed by atoms with Gasteiger partial charge in [-0.2, -0.15) is 0 Å². The zero-order valence-corrected chi connectivity index (χ0v) is 11.5. The number of carbonyl (C=O) groups excluding carboxylic acids is 1. The van der Waals surface area contributed by atoms with Crippen LogP contribution in [0, 0.1) is 5.92 Å². The molecule has 0 saturated carbocycles. The molecule has 3 nitrogen and oxygen atoms in total. The van der Waals surface area contributed by atoms with Crippen LogP contribution in [0.2, 0.25) is 0 Å². The van der Waals surface area contributed by atoms with Crippen molar-refractivity contribution < 1.29 is 9.53 Å². The summed E-state index contributed by atoms with van der Waals surface area (Å²) in [6.45, 7) is 7.89. The molecule has 3 heteroatoms. The molecule has 1 saturated heterocycles. The molecule has 1 amide bonds. The van der Waals surface area contributed by atoms with Crippen molar-refractivity contribution in [3.05, 3.63) is 48.0 Å². The fraction of sp³-hybridized carbons (Fsp3) is 0.438. The third-order valence-corrected chi connectivity index (χ3v) is 3.58. The summed E-state index contributed by atoms with van der Waals surface area (Å²) in [7, 11) is 0. The SMILES string of the molecule is C=C(C)C1CCCN(C(=O)OCc2ccccc2)C1. The van der Waals surface area contributed by atoms with Crippen LogP contribution >= 0.6 is 0 Å². The van der Waals surface area contributed by atoms with E-state index in [2.05, 4.69) is 6.58 Å². The summed E-state index contributed by atoms with van der Waals surface area (Å²) in [6.07, 6.45) is 1.94. The van der Waals surface area contributed by atoms with E-state index in [9.17, 15) is 4.79 Å². The molecule has 1 aromatic rings. The van der Waals surface area contributed by atoms with Gasteiger partial charge in [0.15, 0.2) is 0 Å². The Morgan fingerprint density at radius 1 is 1.42 bits per heavy atom. The number of rotatable bonds is 3. The summed E-state index contributed by atoms with van der Waals surface area (Å²) in [4.78, 5) is 13.8. The Morgan fingerprint density at radius 2 is 2.16 bits per heavy atom. The first-order valence-corrected chi connectivity index (χ1v) is 6.78. The Kier molecular flexibility index (Phi) is 4.61. The third kappa shape index (κ3) is 3.85. The summed E-state index contributed by atoms with van der Waals surface area (Å²) in [6, 6.07) is 9.76. The number of amides is 1. The molecule has 19 heavy (non-hydrogen) atoms. The monoisotopic (exact) mass is 259 g/mol. The summed E-state index contributed by atoms with van der Waals surface area (Å²) in [5.41, 5.74) is 2.17. The van der Waals surface area contributed by atoms with Gasteiger partial charge in [-0.05, 0) is 31.2 Å². The standard InChI is InChI=1S/C16H21NO2/c1-13(2)15-9-6-10-17(11-15)16(18)19-12-14-7-4-3-5-8-14/h3-5,7-8,15H,1,6,9-12H2,2H3. The van der Waals surface area contributed by atoms with Crippen molar-refractivity contribution in [2.75, 3.05) is 13.1 Å². The van der Waals surface area contributed by atoms with Gasteiger partial charge in [0, 0.05) is 13.1 Å². The van der Waals surface area contributed by atoms with Crippen LogP contribution in [0.1, 0.15) is 25.3 Å². The van der Waals surface area contributed by atoms with Crippen molar-refractivity contribution >= 4 is 6.09 Å². The van der Waals surface area contributed by atoms with Crippen LogP contribution in [0.5, 0.6) is 0 Å². The normalized spacial score (nSPS) is 19.0. The van der Waals surface area contributed by atoms with Crippen LogP contribution in [-0.4, -0.2) is 24.1 Å². The minimum absolute atomic E-state index is 0.213. The van der Waals surface area contributed by atoms with E-state index in [1.54, 1.807) is 4.90 Å². The Labute approximate surface area is 114 Å². The number of piperidine rings is 1. The van der Waals surface area contributed by atoms with E-state index >= 15 is 0 Å². The van der Waals surface area contributed by atoms with E-state index in [1.807, 2.05) is 37.3 Å². The second kappa shape index (κ2) is 6.41. The van der Waals surface area contributed by atoms with Crippen LogP contribution in [0.15, 0.2) is 42.5 Å². The second-order valence-corrected chi connectivity index (χ2v) is 5.17. The maximum Gasteiger partial charge on any atom is 0.410 e. The predicted molar refractivity (Wildman–Crippen MR) is 75.7 cm³/mol. The lowest BCUT2D eigenvalue weighted by Gasteiger charge is -2.32. The first kappa shape index (κ1) is 13.7. The Bertz CT molecular complexity index is 441. The van der Waals surface area contributed by atoms with Crippen LogP contribution in [-0.2, 0) is 11.3 Å². The van der Waals surface area contributed by atoms with Crippen molar-refractivity contribution in [3.63, 3.8) is 0 Å². The number of ether oxygens (including phenoxy) is 1. The molecule has 1 heterocycles. The molecule has 1 fully saturated rings. The molecule has 1 aliphatic heterocycles. The van der Waals surface area contributed by atoms with E-state index in [0.717, 1.165) is 37.1 Å². The van der Waals surface area contributed by atoms with Crippen LogP contribution in [0.25, 0.3) is 0 Å². The molecule has 0 aromatic heterocycles. The lowest BCUT2D eigenvalue weighted by Crippen LogP contribution is -2.40. The minimum atomic E-state index is -0.213. The average Bonchev–Trinajstić information content (AvgIpc) is 2.46. The summed E-state index contributed by atoms with van der Waals surface area (Å²) in [5.74, 6) is 0.415. The molecular formula is C16H21NO2. The van der Waals surface area contributed by atoms with E-state index in [4.69, 9.17) is 4.74 Å². The van der Waals surface area contributed by atoms with E-state index in [0.29, 0.717) is 12.5 Å². The molecule has 1 unspecified atom stereocenters. The molecule has 0 aliphatic carbocycles. The maximum absolute atomic E-state index is 12.0. The van der Waals surface area contributed by atoms with Crippen molar-refractivity contribution in [3.8, 4) is 0 Å². The Balaban J connectivity index is 1.84. The smallest absolute Gasteiger partial charge is 0.410 e. The Morgan fingerprint density at radius 3 is 2.84 bits per heavy atom. The first-order chi connectivity index (χ1) is 9.16. The van der Waals surface area contributed by atoms with E-state index < -0.39 is 0 Å². The van der Waals surface area contributed by atoms with Crippen molar-refractivity contribution in [1.29, 1.82) is 0 Å². The fourth-order valence-electron chi connectivity index (χ4n) is 2.36. The first-order valence-electron chi connectivity index (χ1n) is 6.78. The summed E-state index contributed by atoms with van der Waals surface area (Å²) >= 11 is 0. The highest BCUT2D eigenvalue weighted by Crippen LogP contribution is 2.22. The number of hydrogen-bond donors (Lipinski definition) is 0. The summed E-state index contributed by atoms with van der Waals surface area (Å²) in [5, 5.41) is 0.